The molecule has 1 saturated heterocycles. The lowest BCUT2D eigenvalue weighted by atomic mass is 9.88. The zero-order valence-corrected chi connectivity index (χ0v) is 23.3. The zero-order chi connectivity index (χ0) is 28.0. The molecule has 1 aromatic carbocycles. The highest BCUT2D eigenvalue weighted by molar-refractivity contribution is 5.97. The highest BCUT2D eigenvalue weighted by Gasteiger charge is 2.41. The second-order valence-electron chi connectivity index (χ2n) is 12.4. The van der Waals surface area contributed by atoms with Gasteiger partial charge in [-0.3, -0.25) is 9.59 Å². The van der Waals surface area contributed by atoms with Gasteiger partial charge < -0.3 is 19.3 Å². The number of aliphatic hydroxyl groups excluding tert-OH is 1. The van der Waals surface area contributed by atoms with E-state index in [9.17, 15) is 19.1 Å². The van der Waals surface area contributed by atoms with E-state index in [1.165, 1.54) is 12.1 Å². The summed E-state index contributed by atoms with van der Waals surface area (Å²) in [5.41, 5.74) is 2.65. The van der Waals surface area contributed by atoms with E-state index in [-0.39, 0.29) is 34.7 Å². The Morgan fingerprint density at radius 3 is 2.37 bits per heavy atom. The van der Waals surface area contributed by atoms with E-state index in [1.807, 2.05) is 54.5 Å². The lowest BCUT2D eigenvalue weighted by Crippen LogP contribution is -2.63. The van der Waals surface area contributed by atoms with Gasteiger partial charge >= 0.3 is 0 Å². The Hall–Kier alpha value is -3.26. The van der Waals surface area contributed by atoms with Crippen LogP contribution in [0.25, 0.3) is 22.4 Å². The quantitative estimate of drug-likeness (QED) is 0.469. The molecule has 0 bridgehead atoms. The van der Waals surface area contributed by atoms with Crippen LogP contribution in [0, 0.1) is 11.2 Å². The molecule has 1 aliphatic heterocycles. The number of carbonyl (C=O) groups excluding carboxylic acids is 2. The minimum Gasteiger partial charge on any atom is -0.449 e. The van der Waals surface area contributed by atoms with Crippen LogP contribution in [0.5, 0.6) is 0 Å². The van der Waals surface area contributed by atoms with Gasteiger partial charge in [0.25, 0.3) is 11.8 Å². The number of aliphatic hydroxyl groups is 1. The van der Waals surface area contributed by atoms with Crippen molar-refractivity contribution >= 4 is 22.9 Å². The van der Waals surface area contributed by atoms with Crippen LogP contribution in [0.2, 0.25) is 0 Å². The smallest absolute Gasteiger partial charge is 0.290 e. The Morgan fingerprint density at radius 2 is 1.79 bits per heavy atom. The topological polar surface area (TPSA) is 86.9 Å². The first-order valence-electron chi connectivity index (χ1n) is 13.2. The molecule has 38 heavy (non-hydrogen) atoms. The number of hydrogen-bond acceptors (Lipinski definition) is 5. The fraction of sp³-hybridized carbons (Fsp3) is 0.500. The van der Waals surface area contributed by atoms with E-state index >= 15 is 0 Å². The molecule has 0 unspecified atom stereocenters. The maximum atomic E-state index is 13.7. The van der Waals surface area contributed by atoms with E-state index in [2.05, 4.69) is 0 Å². The van der Waals surface area contributed by atoms with Gasteiger partial charge in [-0.15, -0.1) is 0 Å². The number of fused-ring (bicyclic) bond motifs is 1. The highest BCUT2D eigenvalue weighted by Crippen LogP contribution is 2.33. The molecule has 0 saturated carbocycles. The number of pyridine rings is 1. The molecule has 2 amide bonds. The van der Waals surface area contributed by atoms with E-state index in [0.29, 0.717) is 42.8 Å². The van der Waals surface area contributed by atoms with Crippen LogP contribution in [-0.4, -0.2) is 63.0 Å². The van der Waals surface area contributed by atoms with Crippen molar-refractivity contribution < 1.29 is 23.5 Å². The largest absolute Gasteiger partial charge is 0.449 e. The van der Waals surface area contributed by atoms with Gasteiger partial charge in [-0.2, -0.15) is 0 Å². The number of hydrogen-bond donors (Lipinski definition) is 1. The molecule has 1 fully saturated rings. The molecule has 0 spiro atoms. The molecule has 1 N–H and O–H groups in total. The molecule has 3 aromatic rings. The Morgan fingerprint density at radius 1 is 1.13 bits per heavy atom. The number of halogens is 1. The fourth-order valence-corrected chi connectivity index (χ4v) is 5.08. The molecule has 204 valence electrons. The third-order valence-electron chi connectivity index (χ3n) is 7.03. The number of benzene rings is 1. The van der Waals surface area contributed by atoms with Crippen LogP contribution in [0.3, 0.4) is 0 Å². The summed E-state index contributed by atoms with van der Waals surface area (Å²) in [7, 11) is 0. The number of piperazine rings is 1. The van der Waals surface area contributed by atoms with Crippen molar-refractivity contribution in [1.82, 2.24) is 14.8 Å². The minimum absolute atomic E-state index is 0.110. The third-order valence-corrected chi connectivity index (χ3v) is 7.03. The van der Waals surface area contributed by atoms with Gasteiger partial charge in [-0.25, -0.2) is 9.37 Å². The summed E-state index contributed by atoms with van der Waals surface area (Å²) >= 11 is 0. The van der Waals surface area contributed by atoms with Crippen LogP contribution in [0.4, 0.5) is 4.39 Å². The number of nitrogens with zero attached hydrogens (tertiary/aromatic N) is 3. The first-order valence-corrected chi connectivity index (χ1v) is 13.2. The first-order chi connectivity index (χ1) is 17.7. The van der Waals surface area contributed by atoms with E-state index in [1.54, 1.807) is 28.0 Å². The second kappa shape index (κ2) is 10.1. The molecular weight excluding hydrogens is 485 g/mol. The summed E-state index contributed by atoms with van der Waals surface area (Å²) in [5.74, 6) is -0.592. The normalized spacial score (nSPS) is 16.8. The monoisotopic (exact) mass is 523 g/mol. The second-order valence-corrected chi connectivity index (χ2v) is 12.4. The van der Waals surface area contributed by atoms with Crippen molar-refractivity contribution in [3.05, 3.63) is 53.5 Å². The van der Waals surface area contributed by atoms with Crippen molar-refractivity contribution in [2.24, 2.45) is 5.41 Å². The van der Waals surface area contributed by atoms with Crippen LogP contribution in [-0.2, 0) is 4.79 Å². The predicted molar refractivity (Wildman–Crippen MR) is 145 cm³/mol. The molecular formula is C30H38FN3O4. The van der Waals surface area contributed by atoms with Crippen LogP contribution in [0.1, 0.15) is 76.9 Å². The maximum absolute atomic E-state index is 13.7. The zero-order valence-electron chi connectivity index (χ0n) is 23.3. The van der Waals surface area contributed by atoms with E-state index in [4.69, 9.17) is 9.40 Å². The van der Waals surface area contributed by atoms with Gasteiger partial charge in [0.05, 0.1) is 11.2 Å². The van der Waals surface area contributed by atoms with Crippen molar-refractivity contribution in [3.8, 4) is 11.3 Å². The summed E-state index contributed by atoms with van der Waals surface area (Å²) in [6.07, 6.45) is -0.700. The summed E-state index contributed by atoms with van der Waals surface area (Å²) in [4.78, 5) is 34.7. The fourth-order valence-electron chi connectivity index (χ4n) is 5.08. The lowest BCUT2D eigenvalue weighted by molar-refractivity contribution is -0.145. The van der Waals surface area contributed by atoms with Crippen LogP contribution in [0.15, 0.2) is 40.8 Å². The number of rotatable bonds is 5. The lowest BCUT2D eigenvalue weighted by Gasteiger charge is -2.47. The summed E-state index contributed by atoms with van der Waals surface area (Å²) in [6.45, 7) is 14.8. The van der Waals surface area contributed by atoms with Crippen molar-refractivity contribution in [2.45, 2.75) is 72.4 Å². The molecule has 4 rings (SSSR count). The number of aromatic nitrogens is 1. The molecule has 3 heterocycles. The number of amides is 2. The minimum atomic E-state index is -1.07. The summed E-state index contributed by atoms with van der Waals surface area (Å²) in [5, 5.41) is 10.5. The number of carbonyl (C=O) groups is 2. The first kappa shape index (κ1) is 27.8. The predicted octanol–water partition coefficient (Wildman–Crippen LogP) is 5.62. The van der Waals surface area contributed by atoms with Crippen LogP contribution < -0.4 is 0 Å². The van der Waals surface area contributed by atoms with Crippen molar-refractivity contribution in [1.29, 1.82) is 0 Å². The van der Waals surface area contributed by atoms with E-state index < -0.39 is 11.6 Å². The van der Waals surface area contributed by atoms with Crippen molar-refractivity contribution in [2.75, 3.05) is 19.6 Å². The number of furan rings is 1. The summed E-state index contributed by atoms with van der Waals surface area (Å²) < 4.78 is 19.6. The van der Waals surface area contributed by atoms with Gasteiger partial charge in [-0.1, -0.05) is 34.6 Å². The Balaban J connectivity index is 1.60. The third kappa shape index (κ3) is 5.75. The highest BCUT2D eigenvalue weighted by atomic mass is 19.1. The Kier molecular flexibility index (Phi) is 7.40. The standard InChI is InChI=1S/C30H38FN3O4/c1-18(2)21-14-22(19-8-10-20(31)11-9-19)32-23-15-25(38-26(21)23)28(37)34-13-12-33(17-30(34,6)7)27(36)24(35)16-29(3,4)5/h8-11,14-15,18,24,35H,12-13,16-17H2,1-7H3/t24-/m1/s1. The van der Waals surface area contributed by atoms with E-state index in [0.717, 1.165) is 11.1 Å². The average Bonchev–Trinajstić information content (AvgIpc) is 3.25. The molecule has 0 radical (unpaired) electrons. The maximum Gasteiger partial charge on any atom is 0.290 e. The van der Waals surface area contributed by atoms with Gasteiger partial charge in [-0.05, 0) is 61.9 Å². The Bertz CT molecular complexity index is 1340. The molecule has 2 aromatic heterocycles. The molecule has 7 nitrogen and oxygen atoms in total. The van der Waals surface area contributed by atoms with Gasteiger partial charge in [0.1, 0.15) is 17.4 Å². The van der Waals surface area contributed by atoms with Gasteiger partial charge in [0, 0.05) is 36.8 Å². The molecule has 0 aliphatic carbocycles. The molecule has 1 aliphatic rings. The average molecular weight is 524 g/mol. The van der Waals surface area contributed by atoms with Gasteiger partial charge in [0.15, 0.2) is 11.3 Å². The van der Waals surface area contributed by atoms with Crippen LogP contribution >= 0.6 is 0 Å². The summed E-state index contributed by atoms with van der Waals surface area (Å²) in [6, 6.07) is 9.75. The SMILES string of the molecule is CC(C)c1cc(-c2ccc(F)cc2)nc2cc(C(=O)N3CCN(C(=O)[C@H](O)CC(C)(C)C)CC3(C)C)oc12. The Labute approximate surface area is 223 Å². The van der Waals surface area contributed by atoms with Gasteiger partial charge in [0.2, 0.25) is 0 Å². The molecule has 1 atom stereocenters. The molecule has 8 heteroatoms. The van der Waals surface area contributed by atoms with Crippen molar-refractivity contribution in [3.63, 3.8) is 0 Å².